The van der Waals surface area contributed by atoms with E-state index in [1.54, 1.807) is 0 Å². The van der Waals surface area contributed by atoms with E-state index in [0.29, 0.717) is 5.69 Å². The van der Waals surface area contributed by atoms with E-state index in [-0.39, 0.29) is 11.9 Å². The van der Waals surface area contributed by atoms with Crippen LogP contribution < -0.4 is 11.2 Å². The topological polar surface area (TPSA) is 60.0 Å². The van der Waals surface area contributed by atoms with Gasteiger partial charge < -0.3 is 11.2 Å². The summed E-state index contributed by atoms with van der Waals surface area (Å²) in [5, 5.41) is 4.13. The first-order valence-electron chi connectivity index (χ1n) is 8.36. The summed E-state index contributed by atoms with van der Waals surface area (Å²) in [6.45, 7) is 4.09. The van der Waals surface area contributed by atoms with Gasteiger partial charge in [-0.2, -0.15) is 0 Å². The maximum atomic E-state index is 12.9. The molecule has 1 atom stereocenters. The molecule has 2 aromatic carbocycles. The maximum absolute atomic E-state index is 12.9. The van der Waals surface area contributed by atoms with Crippen LogP contribution in [-0.4, -0.2) is 10.6 Å². The van der Waals surface area contributed by atoms with E-state index >= 15 is 0 Å². The molecular formula is C20H23N3O. The van der Waals surface area contributed by atoms with Gasteiger partial charge in [0.15, 0.2) is 0 Å². The summed E-state index contributed by atoms with van der Waals surface area (Å²) >= 11 is 0. The second kappa shape index (κ2) is 6.79. The Labute approximate surface area is 142 Å². The van der Waals surface area contributed by atoms with Crippen LogP contribution in [0, 0.1) is 0 Å². The van der Waals surface area contributed by atoms with Gasteiger partial charge in [0.05, 0.1) is 11.6 Å². The molecule has 124 valence electrons. The van der Waals surface area contributed by atoms with Gasteiger partial charge in [0.25, 0.3) is 5.91 Å². The lowest BCUT2D eigenvalue weighted by Gasteiger charge is -2.15. The zero-order chi connectivity index (χ0) is 17.1. The maximum Gasteiger partial charge on any atom is 0.270 e. The third kappa shape index (κ3) is 2.87. The van der Waals surface area contributed by atoms with Crippen LogP contribution in [0.25, 0.3) is 10.9 Å². The second-order valence-corrected chi connectivity index (χ2v) is 6.07. The molecule has 0 bridgehead atoms. The number of fused-ring (bicyclic) bond motifs is 1. The van der Waals surface area contributed by atoms with Crippen molar-refractivity contribution in [3.05, 3.63) is 71.4 Å². The van der Waals surface area contributed by atoms with Gasteiger partial charge >= 0.3 is 0 Å². The van der Waals surface area contributed by atoms with Crippen LogP contribution >= 0.6 is 0 Å². The third-order valence-corrected chi connectivity index (χ3v) is 4.38. The smallest absolute Gasteiger partial charge is 0.270 e. The van der Waals surface area contributed by atoms with Crippen molar-refractivity contribution in [2.45, 2.75) is 32.7 Å². The highest BCUT2D eigenvalue weighted by Gasteiger charge is 2.22. The van der Waals surface area contributed by atoms with Gasteiger partial charge in [-0.3, -0.25) is 9.47 Å². The quantitative estimate of drug-likeness (QED) is 0.702. The highest BCUT2D eigenvalue weighted by molar-refractivity contribution is 6.02. The number of aryl methyl sites for hydroxylation is 1. The van der Waals surface area contributed by atoms with Gasteiger partial charge in [0, 0.05) is 5.39 Å². The zero-order valence-corrected chi connectivity index (χ0v) is 14.1. The molecule has 1 aromatic heterocycles. The molecule has 1 amide bonds. The van der Waals surface area contributed by atoms with E-state index in [9.17, 15) is 4.79 Å². The van der Waals surface area contributed by atoms with Gasteiger partial charge in [-0.05, 0) is 30.5 Å². The molecule has 24 heavy (non-hydrogen) atoms. The van der Waals surface area contributed by atoms with Crippen molar-refractivity contribution in [2.75, 3.05) is 5.84 Å². The van der Waals surface area contributed by atoms with Crippen molar-refractivity contribution in [3.8, 4) is 0 Å². The number of carbonyl (C=O) groups is 1. The summed E-state index contributed by atoms with van der Waals surface area (Å²) in [6, 6.07) is 17.8. The van der Waals surface area contributed by atoms with E-state index in [1.807, 2.05) is 61.5 Å². The first-order chi connectivity index (χ1) is 11.6. The lowest BCUT2D eigenvalue weighted by atomic mass is 10.0. The Morgan fingerprint density at radius 2 is 1.79 bits per heavy atom. The molecule has 1 heterocycles. The summed E-state index contributed by atoms with van der Waals surface area (Å²) in [7, 11) is 0. The van der Waals surface area contributed by atoms with Gasteiger partial charge in [-0.15, -0.1) is 0 Å². The number of hydrogen-bond donors (Lipinski definition) is 2. The molecule has 4 heteroatoms. The minimum absolute atomic E-state index is 0.0776. The van der Waals surface area contributed by atoms with E-state index in [1.165, 1.54) is 4.68 Å². The van der Waals surface area contributed by atoms with Gasteiger partial charge in [0.2, 0.25) is 0 Å². The van der Waals surface area contributed by atoms with Crippen molar-refractivity contribution >= 4 is 16.8 Å². The molecule has 3 rings (SSSR count). The highest BCUT2D eigenvalue weighted by atomic mass is 16.2. The summed E-state index contributed by atoms with van der Waals surface area (Å²) in [4.78, 5) is 12.9. The van der Waals surface area contributed by atoms with E-state index in [2.05, 4.69) is 12.2 Å². The molecule has 3 N–H and O–H groups in total. The standard InChI is InChI=1S/C20H23N3O/c1-3-9-17-16-12-7-8-13-18(16)23(21)19(17)20(24)22-14(2)15-10-5-4-6-11-15/h4-8,10-14H,3,9,21H2,1-2H3,(H,22,24)/t14-/m1/s1. The van der Waals surface area contributed by atoms with Crippen LogP contribution in [0.2, 0.25) is 0 Å². The van der Waals surface area contributed by atoms with E-state index in [0.717, 1.165) is 34.9 Å². The average Bonchev–Trinajstić information content (AvgIpc) is 2.89. The average molecular weight is 321 g/mol. The predicted molar refractivity (Wildman–Crippen MR) is 98.4 cm³/mol. The number of nitrogens with two attached hydrogens (primary N) is 1. The number of nitrogen functional groups attached to an aromatic ring is 1. The molecule has 0 aliphatic heterocycles. The van der Waals surface area contributed by atoms with E-state index < -0.39 is 0 Å². The Morgan fingerprint density at radius 1 is 1.12 bits per heavy atom. The van der Waals surface area contributed by atoms with Gasteiger partial charge in [-0.1, -0.05) is 61.9 Å². The van der Waals surface area contributed by atoms with Crippen molar-refractivity contribution in [2.24, 2.45) is 0 Å². The Morgan fingerprint density at radius 3 is 2.50 bits per heavy atom. The Hall–Kier alpha value is -2.75. The normalized spacial score (nSPS) is 12.2. The van der Waals surface area contributed by atoms with Crippen LogP contribution in [0.5, 0.6) is 0 Å². The largest absolute Gasteiger partial charge is 0.344 e. The van der Waals surface area contributed by atoms with Crippen molar-refractivity contribution in [1.29, 1.82) is 0 Å². The van der Waals surface area contributed by atoms with Crippen LogP contribution in [0.15, 0.2) is 54.6 Å². The highest BCUT2D eigenvalue weighted by Crippen LogP contribution is 2.26. The van der Waals surface area contributed by atoms with Crippen LogP contribution in [0.1, 0.15) is 47.9 Å². The summed E-state index contributed by atoms with van der Waals surface area (Å²) in [5.41, 5.74) is 3.54. The number of nitrogens with zero attached hydrogens (tertiary/aromatic N) is 1. The lowest BCUT2D eigenvalue weighted by molar-refractivity contribution is 0.0932. The summed E-state index contributed by atoms with van der Waals surface area (Å²) in [5.74, 6) is 6.11. The molecular weight excluding hydrogens is 298 g/mol. The van der Waals surface area contributed by atoms with Crippen molar-refractivity contribution < 1.29 is 4.79 Å². The third-order valence-electron chi connectivity index (χ3n) is 4.38. The minimum atomic E-state index is -0.131. The number of hydrogen-bond acceptors (Lipinski definition) is 2. The minimum Gasteiger partial charge on any atom is -0.344 e. The van der Waals surface area contributed by atoms with Crippen molar-refractivity contribution in [1.82, 2.24) is 9.99 Å². The van der Waals surface area contributed by atoms with E-state index in [4.69, 9.17) is 5.84 Å². The lowest BCUT2D eigenvalue weighted by Crippen LogP contribution is -2.31. The second-order valence-electron chi connectivity index (χ2n) is 6.07. The number of rotatable bonds is 5. The zero-order valence-electron chi connectivity index (χ0n) is 14.1. The molecule has 0 unspecified atom stereocenters. The van der Waals surface area contributed by atoms with Gasteiger partial charge in [-0.25, -0.2) is 0 Å². The number of nitrogens with one attached hydrogen (secondary N) is 1. The molecule has 0 fully saturated rings. The Balaban J connectivity index is 1.97. The first kappa shape index (κ1) is 16.1. The molecule has 4 nitrogen and oxygen atoms in total. The fraction of sp³-hybridized carbons (Fsp3) is 0.250. The number of para-hydroxylation sites is 1. The number of aromatic nitrogens is 1. The molecule has 0 aliphatic carbocycles. The molecule has 0 saturated carbocycles. The fourth-order valence-corrected chi connectivity index (χ4v) is 3.17. The number of carbonyl (C=O) groups excluding carboxylic acids is 1. The van der Waals surface area contributed by atoms with Crippen LogP contribution in [-0.2, 0) is 6.42 Å². The van der Waals surface area contributed by atoms with Crippen molar-refractivity contribution in [3.63, 3.8) is 0 Å². The number of amides is 1. The molecule has 0 radical (unpaired) electrons. The Bertz CT molecular complexity index is 852. The number of benzene rings is 2. The predicted octanol–water partition coefficient (Wildman–Crippen LogP) is 3.80. The van der Waals surface area contributed by atoms with Gasteiger partial charge in [0.1, 0.15) is 5.69 Å². The first-order valence-corrected chi connectivity index (χ1v) is 8.36. The summed E-state index contributed by atoms with van der Waals surface area (Å²) < 4.78 is 1.52. The SMILES string of the molecule is CCCc1c(C(=O)N[C@H](C)c2ccccc2)n(N)c2ccccc12. The van der Waals surface area contributed by atoms with Crippen LogP contribution in [0.4, 0.5) is 0 Å². The monoisotopic (exact) mass is 321 g/mol. The fourth-order valence-electron chi connectivity index (χ4n) is 3.17. The molecule has 3 aromatic rings. The Kier molecular flexibility index (Phi) is 4.56. The molecule has 0 saturated heterocycles. The molecule has 0 spiro atoms. The molecule has 0 aliphatic rings. The van der Waals surface area contributed by atoms with Crippen LogP contribution in [0.3, 0.4) is 0 Å². The summed E-state index contributed by atoms with van der Waals surface area (Å²) in [6.07, 6.45) is 1.79.